The van der Waals surface area contributed by atoms with Crippen molar-refractivity contribution in [2.75, 3.05) is 0 Å². The van der Waals surface area contributed by atoms with Gasteiger partial charge in [0, 0.05) is 0 Å². The molecule has 0 aliphatic heterocycles. The molecule has 0 N–H and O–H groups in total. The first-order chi connectivity index (χ1) is 8.68. The summed E-state index contributed by atoms with van der Waals surface area (Å²) in [6.07, 6.45) is 2.87. The molecule has 3 aliphatic rings. The van der Waals surface area contributed by atoms with Gasteiger partial charge in [-0.15, -0.1) is 0 Å². The lowest BCUT2D eigenvalue weighted by Gasteiger charge is -2.53. The van der Waals surface area contributed by atoms with E-state index in [2.05, 4.69) is 59.7 Å². The zero-order valence-electron chi connectivity index (χ0n) is 13.4. The third-order valence-corrected chi connectivity index (χ3v) is 5.31. The Morgan fingerprint density at radius 2 is 1.53 bits per heavy atom. The second-order valence-corrected chi connectivity index (χ2v) is 8.87. The first-order valence-electron chi connectivity index (χ1n) is 7.82. The van der Waals surface area contributed by atoms with Crippen LogP contribution in [0, 0.1) is 11.3 Å². The quantitative estimate of drug-likeness (QED) is 0.565. The minimum atomic E-state index is 0.271. The van der Waals surface area contributed by atoms with Gasteiger partial charge in [-0.1, -0.05) is 59.7 Å². The van der Waals surface area contributed by atoms with Gasteiger partial charge in [0.2, 0.25) is 0 Å². The van der Waals surface area contributed by atoms with E-state index in [0.717, 1.165) is 17.8 Å². The molecule has 0 saturated heterocycles. The maximum Gasteiger partial charge on any atom is -0.00816 e. The van der Waals surface area contributed by atoms with Crippen molar-refractivity contribution in [3.05, 3.63) is 34.9 Å². The molecule has 0 aromatic heterocycles. The summed E-state index contributed by atoms with van der Waals surface area (Å²) in [6, 6.07) is 7.35. The maximum atomic E-state index is 2.52. The Labute approximate surface area is 118 Å². The highest BCUT2D eigenvalue weighted by atomic mass is 14.5. The van der Waals surface area contributed by atoms with E-state index in [9.17, 15) is 0 Å². The number of rotatable bonds is 0. The number of hydrogen-bond donors (Lipinski definition) is 0. The van der Waals surface area contributed by atoms with E-state index in [1.54, 1.807) is 11.1 Å². The van der Waals surface area contributed by atoms with Crippen molar-refractivity contribution in [2.24, 2.45) is 11.3 Å². The van der Waals surface area contributed by atoms with Crippen LogP contribution < -0.4 is 0 Å². The molecule has 104 valence electrons. The Hall–Kier alpha value is -0.780. The van der Waals surface area contributed by atoms with Crippen LogP contribution in [-0.4, -0.2) is 0 Å². The van der Waals surface area contributed by atoms with Gasteiger partial charge < -0.3 is 0 Å². The smallest absolute Gasteiger partial charge is 0.00816 e. The van der Waals surface area contributed by atoms with E-state index in [1.165, 1.54) is 18.4 Å². The van der Waals surface area contributed by atoms with Gasteiger partial charge in [-0.2, -0.15) is 0 Å². The Bertz CT molecular complexity index is 490. The molecule has 1 aromatic rings. The molecule has 1 fully saturated rings. The Kier molecular flexibility index (Phi) is 2.69. The first-order valence-corrected chi connectivity index (χ1v) is 7.82. The minimum absolute atomic E-state index is 0.271. The molecule has 0 radical (unpaired) electrons. The molecule has 0 spiro atoms. The van der Waals surface area contributed by atoms with Crippen LogP contribution in [0.5, 0.6) is 0 Å². The molecule has 1 unspecified atom stereocenters. The van der Waals surface area contributed by atoms with Crippen LogP contribution in [-0.2, 0) is 5.41 Å². The molecule has 0 amide bonds. The molecule has 1 atom stereocenters. The van der Waals surface area contributed by atoms with Crippen molar-refractivity contribution >= 4 is 0 Å². The summed E-state index contributed by atoms with van der Waals surface area (Å²) < 4.78 is 0. The van der Waals surface area contributed by atoms with Gasteiger partial charge in [0.05, 0.1) is 0 Å². The summed E-state index contributed by atoms with van der Waals surface area (Å²) in [7, 11) is 0. The first kappa shape index (κ1) is 13.2. The fraction of sp³-hybridized carbons (Fsp3) is 0.684. The molecule has 0 heteroatoms. The van der Waals surface area contributed by atoms with Crippen LogP contribution in [0.15, 0.2) is 18.2 Å². The lowest BCUT2D eigenvalue weighted by Crippen LogP contribution is -2.40. The Morgan fingerprint density at radius 1 is 0.895 bits per heavy atom. The van der Waals surface area contributed by atoms with Crippen LogP contribution in [0.1, 0.15) is 82.9 Å². The second-order valence-electron chi connectivity index (χ2n) is 8.87. The SMILES string of the molecule is CC(C)(C)c1ccc2c(c1)C1CC(C1)C2C(C)(C)C. The summed E-state index contributed by atoms with van der Waals surface area (Å²) in [4.78, 5) is 0. The van der Waals surface area contributed by atoms with Crippen molar-refractivity contribution in [1.82, 2.24) is 0 Å². The maximum absolute atomic E-state index is 2.52. The largest absolute Gasteiger partial charge is 0.0596 e. The number of benzene rings is 1. The highest BCUT2D eigenvalue weighted by Gasteiger charge is 2.47. The van der Waals surface area contributed by atoms with Crippen LogP contribution in [0.2, 0.25) is 0 Å². The van der Waals surface area contributed by atoms with E-state index in [0.29, 0.717) is 5.41 Å². The van der Waals surface area contributed by atoms with Crippen LogP contribution in [0.25, 0.3) is 0 Å². The predicted octanol–water partition coefficient (Wildman–Crippen LogP) is 5.62. The van der Waals surface area contributed by atoms with Crippen LogP contribution in [0.4, 0.5) is 0 Å². The van der Waals surface area contributed by atoms with Gasteiger partial charge in [0.15, 0.2) is 0 Å². The summed E-state index contributed by atoms with van der Waals surface area (Å²) in [5.74, 6) is 2.57. The van der Waals surface area contributed by atoms with E-state index < -0.39 is 0 Å². The Balaban J connectivity index is 2.09. The molecule has 2 bridgehead atoms. The third kappa shape index (κ3) is 2.04. The second kappa shape index (κ2) is 3.87. The van der Waals surface area contributed by atoms with Gasteiger partial charge in [0.1, 0.15) is 0 Å². The zero-order chi connectivity index (χ0) is 14.0. The van der Waals surface area contributed by atoms with Gasteiger partial charge in [-0.05, 0) is 58.1 Å². The van der Waals surface area contributed by atoms with Crippen LogP contribution in [0.3, 0.4) is 0 Å². The zero-order valence-corrected chi connectivity index (χ0v) is 13.4. The van der Waals surface area contributed by atoms with Crippen LogP contribution >= 0.6 is 0 Å². The van der Waals surface area contributed by atoms with Crippen molar-refractivity contribution in [1.29, 1.82) is 0 Å². The summed E-state index contributed by atoms with van der Waals surface area (Å²) in [5, 5.41) is 0. The molecule has 0 heterocycles. The molecule has 0 nitrogen and oxygen atoms in total. The molecule has 3 aliphatic carbocycles. The molecule has 1 saturated carbocycles. The van der Waals surface area contributed by atoms with E-state index in [-0.39, 0.29) is 5.41 Å². The molecular formula is C19H28. The van der Waals surface area contributed by atoms with Crippen molar-refractivity contribution in [3.8, 4) is 0 Å². The summed E-state index contributed by atoms with van der Waals surface area (Å²) in [6.45, 7) is 14.2. The molecule has 1 aromatic carbocycles. The lowest BCUT2D eigenvalue weighted by molar-refractivity contribution is 0.115. The summed E-state index contributed by atoms with van der Waals surface area (Å²) in [5.41, 5.74) is 5.51. The third-order valence-electron chi connectivity index (χ3n) is 5.31. The van der Waals surface area contributed by atoms with Gasteiger partial charge in [-0.25, -0.2) is 0 Å². The highest BCUT2D eigenvalue weighted by molar-refractivity contribution is 5.45. The summed E-state index contributed by atoms with van der Waals surface area (Å²) >= 11 is 0. The molecule has 19 heavy (non-hydrogen) atoms. The van der Waals surface area contributed by atoms with Crippen molar-refractivity contribution < 1.29 is 0 Å². The minimum Gasteiger partial charge on any atom is -0.0596 e. The fourth-order valence-corrected chi connectivity index (χ4v) is 4.29. The lowest BCUT2D eigenvalue weighted by atomic mass is 9.52. The topological polar surface area (TPSA) is 0 Å². The van der Waals surface area contributed by atoms with E-state index in [4.69, 9.17) is 0 Å². The number of hydrogen-bond acceptors (Lipinski definition) is 0. The van der Waals surface area contributed by atoms with E-state index in [1.807, 2.05) is 0 Å². The highest BCUT2D eigenvalue weighted by Crippen LogP contribution is 2.60. The standard InChI is InChI=1S/C19H28/c1-18(2,3)14-7-8-15-16(11-14)12-9-13(10-12)17(15)19(4,5)6/h7-8,11-13,17H,9-10H2,1-6H3. The van der Waals surface area contributed by atoms with Gasteiger partial charge in [-0.3, -0.25) is 0 Å². The average Bonchev–Trinajstić information content (AvgIpc) is 2.22. The van der Waals surface area contributed by atoms with Gasteiger partial charge in [0.25, 0.3) is 0 Å². The van der Waals surface area contributed by atoms with Gasteiger partial charge >= 0.3 is 0 Å². The van der Waals surface area contributed by atoms with Crippen molar-refractivity contribution in [2.45, 2.75) is 71.6 Å². The fourth-order valence-electron chi connectivity index (χ4n) is 4.29. The predicted molar refractivity (Wildman–Crippen MR) is 82.8 cm³/mol. The van der Waals surface area contributed by atoms with Crippen molar-refractivity contribution in [3.63, 3.8) is 0 Å². The monoisotopic (exact) mass is 256 g/mol. The molecular weight excluding hydrogens is 228 g/mol. The Morgan fingerprint density at radius 3 is 2.05 bits per heavy atom. The average molecular weight is 256 g/mol. The molecule has 4 rings (SSSR count). The normalized spacial score (nSPS) is 29.7. The van der Waals surface area contributed by atoms with E-state index >= 15 is 0 Å².